The zero-order valence-electron chi connectivity index (χ0n) is 13.3. The molecule has 124 valence electrons. The van der Waals surface area contributed by atoms with E-state index in [1.54, 1.807) is 17.5 Å². The fourth-order valence-electron chi connectivity index (χ4n) is 2.28. The lowest BCUT2D eigenvalue weighted by atomic mass is 10.1. The summed E-state index contributed by atoms with van der Waals surface area (Å²) in [5.74, 6) is -0.119. The number of sulfone groups is 1. The first-order chi connectivity index (χ1) is 10.9. The van der Waals surface area contributed by atoms with E-state index in [4.69, 9.17) is 0 Å². The summed E-state index contributed by atoms with van der Waals surface area (Å²) in [4.78, 5) is 11.7. The molecule has 0 bridgehead atoms. The minimum absolute atomic E-state index is 0.0854. The Kier molecular flexibility index (Phi) is 5.96. The molecule has 6 heteroatoms. The van der Waals surface area contributed by atoms with Gasteiger partial charge in [-0.3, -0.25) is 4.79 Å². The first-order valence-electron chi connectivity index (χ1n) is 7.55. The number of carbonyl (C=O) groups is 1. The highest BCUT2D eigenvalue weighted by Crippen LogP contribution is 2.31. The van der Waals surface area contributed by atoms with Crippen molar-refractivity contribution in [2.24, 2.45) is 0 Å². The zero-order valence-corrected chi connectivity index (χ0v) is 14.9. The van der Waals surface area contributed by atoms with Crippen LogP contribution in [-0.2, 0) is 14.6 Å². The predicted octanol–water partition coefficient (Wildman–Crippen LogP) is 3.49. The maximum atomic E-state index is 12.9. The molecule has 0 aliphatic rings. The van der Waals surface area contributed by atoms with E-state index >= 15 is 0 Å². The average molecular weight is 351 g/mol. The van der Waals surface area contributed by atoms with Crippen LogP contribution in [0.15, 0.2) is 46.0 Å². The molecule has 0 aliphatic heterocycles. The third-order valence-electron chi connectivity index (χ3n) is 3.56. The van der Waals surface area contributed by atoms with E-state index in [0.717, 1.165) is 12.0 Å². The van der Waals surface area contributed by atoms with Crippen molar-refractivity contribution in [1.29, 1.82) is 0 Å². The minimum Gasteiger partial charge on any atom is -0.354 e. The first kappa shape index (κ1) is 17.7. The number of amides is 1. The Bertz CT molecular complexity index is 735. The number of hydrogen-bond donors (Lipinski definition) is 1. The molecule has 23 heavy (non-hydrogen) atoms. The summed E-state index contributed by atoms with van der Waals surface area (Å²) in [6.07, 6.45) is 1.14. The van der Waals surface area contributed by atoms with E-state index in [1.165, 1.54) is 11.3 Å². The molecule has 1 heterocycles. The highest BCUT2D eigenvalue weighted by molar-refractivity contribution is 7.93. The van der Waals surface area contributed by atoms with E-state index in [-0.39, 0.29) is 12.5 Å². The van der Waals surface area contributed by atoms with Crippen LogP contribution in [-0.4, -0.2) is 20.9 Å². The van der Waals surface area contributed by atoms with E-state index in [1.807, 2.05) is 38.1 Å². The Hall–Kier alpha value is -1.66. The molecule has 1 aromatic heterocycles. The van der Waals surface area contributed by atoms with Crippen molar-refractivity contribution in [3.05, 3.63) is 52.9 Å². The molecule has 1 amide bonds. The van der Waals surface area contributed by atoms with Gasteiger partial charge in [-0.15, -0.1) is 11.3 Å². The number of thiophene rings is 1. The fraction of sp³-hybridized carbons (Fsp3) is 0.353. The van der Waals surface area contributed by atoms with Gasteiger partial charge in [0.1, 0.15) is 9.46 Å². The molecule has 0 spiro atoms. The van der Waals surface area contributed by atoms with Crippen LogP contribution in [0.25, 0.3) is 0 Å². The monoisotopic (exact) mass is 351 g/mol. The standard InChI is InChI=1S/C17H21NO3S2/c1-3-5-16(19)18-12-15(14-9-7-13(2)8-10-14)23(20,21)17-6-4-11-22-17/h4,6-11,15H,3,5,12H2,1-2H3,(H,18,19)/t15-/m0/s1. The second kappa shape index (κ2) is 7.75. The van der Waals surface area contributed by atoms with Crippen molar-refractivity contribution in [2.75, 3.05) is 6.54 Å². The molecule has 2 rings (SSSR count). The Morgan fingerprint density at radius 2 is 1.91 bits per heavy atom. The maximum absolute atomic E-state index is 12.9. The molecule has 0 fully saturated rings. The van der Waals surface area contributed by atoms with Crippen molar-refractivity contribution in [1.82, 2.24) is 5.32 Å². The van der Waals surface area contributed by atoms with Crippen molar-refractivity contribution < 1.29 is 13.2 Å². The number of nitrogens with one attached hydrogen (secondary N) is 1. The number of benzene rings is 1. The lowest BCUT2D eigenvalue weighted by Gasteiger charge is -2.18. The van der Waals surface area contributed by atoms with Gasteiger partial charge in [0.05, 0.1) is 0 Å². The minimum atomic E-state index is -3.53. The zero-order chi connectivity index (χ0) is 16.9. The summed E-state index contributed by atoms with van der Waals surface area (Å²) < 4.78 is 26.1. The Morgan fingerprint density at radius 1 is 1.22 bits per heavy atom. The molecule has 0 saturated carbocycles. The highest BCUT2D eigenvalue weighted by atomic mass is 32.2. The van der Waals surface area contributed by atoms with E-state index < -0.39 is 15.1 Å². The van der Waals surface area contributed by atoms with Gasteiger partial charge in [-0.2, -0.15) is 0 Å². The van der Waals surface area contributed by atoms with Gasteiger partial charge in [-0.05, 0) is 30.4 Å². The predicted molar refractivity (Wildman–Crippen MR) is 93.3 cm³/mol. The van der Waals surface area contributed by atoms with Gasteiger partial charge < -0.3 is 5.32 Å². The third kappa shape index (κ3) is 4.42. The van der Waals surface area contributed by atoms with Gasteiger partial charge in [-0.25, -0.2) is 8.42 Å². The quantitative estimate of drug-likeness (QED) is 0.830. The number of aryl methyl sites for hydroxylation is 1. The van der Waals surface area contributed by atoms with Crippen LogP contribution >= 0.6 is 11.3 Å². The van der Waals surface area contributed by atoms with Gasteiger partial charge in [0.15, 0.2) is 9.84 Å². The van der Waals surface area contributed by atoms with Gasteiger partial charge in [0.25, 0.3) is 0 Å². The first-order valence-corrected chi connectivity index (χ1v) is 9.98. The molecule has 0 aliphatic carbocycles. The maximum Gasteiger partial charge on any atom is 0.220 e. The Labute approximate surface area is 141 Å². The summed E-state index contributed by atoms with van der Waals surface area (Å²) >= 11 is 1.20. The second-order valence-electron chi connectivity index (χ2n) is 5.43. The molecule has 1 atom stereocenters. The van der Waals surface area contributed by atoms with E-state index in [2.05, 4.69) is 5.32 Å². The third-order valence-corrected chi connectivity index (χ3v) is 7.09. The smallest absolute Gasteiger partial charge is 0.220 e. The Morgan fingerprint density at radius 3 is 2.48 bits per heavy atom. The van der Waals surface area contributed by atoms with Crippen LogP contribution < -0.4 is 5.32 Å². The molecular formula is C17H21NO3S2. The van der Waals surface area contributed by atoms with Crippen LogP contribution in [0.3, 0.4) is 0 Å². The lowest BCUT2D eigenvalue weighted by molar-refractivity contribution is -0.121. The molecule has 0 radical (unpaired) electrons. The van der Waals surface area contributed by atoms with Crippen LogP contribution in [0.1, 0.15) is 36.1 Å². The second-order valence-corrected chi connectivity index (χ2v) is 8.74. The topological polar surface area (TPSA) is 63.2 Å². The van der Waals surface area contributed by atoms with Gasteiger partial charge in [0.2, 0.25) is 5.91 Å². The summed E-state index contributed by atoms with van der Waals surface area (Å²) in [7, 11) is -3.53. The highest BCUT2D eigenvalue weighted by Gasteiger charge is 2.30. The fourth-order valence-corrected chi connectivity index (χ4v) is 5.14. The van der Waals surface area contributed by atoms with Gasteiger partial charge in [-0.1, -0.05) is 42.8 Å². The molecule has 0 unspecified atom stereocenters. The van der Waals surface area contributed by atoms with Crippen LogP contribution in [0.4, 0.5) is 0 Å². The largest absolute Gasteiger partial charge is 0.354 e. The molecule has 4 nitrogen and oxygen atoms in total. The van der Waals surface area contributed by atoms with Crippen molar-refractivity contribution in [3.63, 3.8) is 0 Å². The van der Waals surface area contributed by atoms with E-state index in [9.17, 15) is 13.2 Å². The summed E-state index contributed by atoms with van der Waals surface area (Å²) in [6, 6.07) is 10.7. The van der Waals surface area contributed by atoms with Crippen LogP contribution in [0.2, 0.25) is 0 Å². The molecule has 1 N–H and O–H groups in total. The van der Waals surface area contributed by atoms with Crippen LogP contribution in [0.5, 0.6) is 0 Å². The summed E-state index contributed by atoms with van der Waals surface area (Å²) in [6.45, 7) is 3.96. The van der Waals surface area contributed by atoms with Crippen molar-refractivity contribution in [3.8, 4) is 0 Å². The van der Waals surface area contributed by atoms with Gasteiger partial charge in [0, 0.05) is 13.0 Å². The molecular weight excluding hydrogens is 330 g/mol. The number of rotatable bonds is 7. The van der Waals surface area contributed by atoms with Crippen molar-refractivity contribution >= 4 is 27.1 Å². The van der Waals surface area contributed by atoms with Crippen molar-refractivity contribution in [2.45, 2.75) is 36.1 Å². The summed E-state index contributed by atoms with van der Waals surface area (Å²) in [5.41, 5.74) is 1.76. The number of carbonyl (C=O) groups excluding carboxylic acids is 1. The normalized spacial score (nSPS) is 12.8. The average Bonchev–Trinajstić information content (AvgIpc) is 3.04. The van der Waals surface area contributed by atoms with Crippen LogP contribution in [0, 0.1) is 6.92 Å². The van der Waals surface area contributed by atoms with E-state index in [0.29, 0.717) is 16.2 Å². The number of hydrogen-bond acceptors (Lipinski definition) is 4. The molecule has 2 aromatic rings. The van der Waals surface area contributed by atoms with Gasteiger partial charge >= 0.3 is 0 Å². The Balaban J connectivity index is 2.31. The molecule has 1 aromatic carbocycles. The summed E-state index contributed by atoms with van der Waals surface area (Å²) in [5, 5.41) is 3.72. The molecule has 0 saturated heterocycles. The lowest BCUT2D eigenvalue weighted by Crippen LogP contribution is -2.31. The SMILES string of the molecule is CCCC(=O)NC[C@@H](c1ccc(C)cc1)S(=O)(=O)c1cccs1.